The Morgan fingerprint density at radius 1 is 1.24 bits per heavy atom. The number of thioether (sulfide) groups is 1. The minimum atomic E-state index is -4.64. The summed E-state index contributed by atoms with van der Waals surface area (Å²) in [6.07, 6.45) is -0.468. The minimum absolute atomic E-state index is 0.0218. The standard InChI is InChI=1S/C14H14F3N5O2S/c15-14(16,17)12-21-20-11(24-12)9-2-6-22(7-3-9)10(23)8-25-13-18-4-1-5-19-13/h1,4-5,9H,2-3,6-8H2. The molecule has 1 aliphatic rings. The molecule has 0 unspecified atom stereocenters. The van der Waals surface area contributed by atoms with Crippen molar-refractivity contribution in [3.8, 4) is 0 Å². The Morgan fingerprint density at radius 3 is 2.52 bits per heavy atom. The van der Waals surface area contributed by atoms with Gasteiger partial charge in [0.2, 0.25) is 11.8 Å². The molecular weight excluding hydrogens is 359 g/mol. The molecule has 1 amide bonds. The summed E-state index contributed by atoms with van der Waals surface area (Å²) in [5.74, 6) is -1.46. The summed E-state index contributed by atoms with van der Waals surface area (Å²) in [6.45, 7) is 0.868. The molecule has 2 aromatic rings. The van der Waals surface area contributed by atoms with E-state index in [1.165, 1.54) is 11.8 Å². The van der Waals surface area contributed by atoms with Gasteiger partial charge in [-0.05, 0) is 18.9 Å². The second-order valence-electron chi connectivity index (χ2n) is 5.42. The molecular formula is C14H14F3N5O2S. The van der Waals surface area contributed by atoms with Crippen molar-refractivity contribution < 1.29 is 22.4 Å². The number of alkyl halides is 3. The lowest BCUT2D eigenvalue weighted by Gasteiger charge is -2.30. The fraction of sp³-hybridized carbons (Fsp3) is 0.500. The summed E-state index contributed by atoms with van der Waals surface area (Å²) in [6, 6.07) is 1.69. The van der Waals surface area contributed by atoms with Crippen LogP contribution in [-0.2, 0) is 11.0 Å². The molecule has 134 valence electrons. The Morgan fingerprint density at radius 2 is 1.92 bits per heavy atom. The molecule has 3 rings (SSSR count). The third kappa shape index (κ3) is 4.47. The van der Waals surface area contributed by atoms with Crippen LogP contribution in [0.4, 0.5) is 13.2 Å². The normalized spacial score (nSPS) is 16.2. The van der Waals surface area contributed by atoms with Crippen molar-refractivity contribution in [3.63, 3.8) is 0 Å². The van der Waals surface area contributed by atoms with Crippen molar-refractivity contribution in [1.82, 2.24) is 25.1 Å². The van der Waals surface area contributed by atoms with Crippen LogP contribution < -0.4 is 0 Å². The first-order valence-corrected chi connectivity index (χ1v) is 8.50. The molecule has 1 fully saturated rings. The van der Waals surface area contributed by atoms with Crippen LogP contribution in [0, 0.1) is 0 Å². The molecule has 3 heterocycles. The van der Waals surface area contributed by atoms with Gasteiger partial charge in [-0.25, -0.2) is 9.97 Å². The summed E-state index contributed by atoms with van der Waals surface area (Å²) in [4.78, 5) is 21.9. The van der Waals surface area contributed by atoms with Gasteiger partial charge in [-0.1, -0.05) is 11.8 Å². The highest BCUT2D eigenvalue weighted by molar-refractivity contribution is 7.99. The highest BCUT2D eigenvalue weighted by Crippen LogP contribution is 2.32. The fourth-order valence-electron chi connectivity index (χ4n) is 2.47. The van der Waals surface area contributed by atoms with Gasteiger partial charge in [0.15, 0.2) is 5.16 Å². The van der Waals surface area contributed by atoms with Crippen LogP contribution >= 0.6 is 11.8 Å². The number of nitrogens with zero attached hydrogens (tertiary/aromatic N) is 5. The van der Waals surface area contributed by atoms with E-state index in [1.807, 2.05) is 0 Å². The molecule has 0 aliphatic carbocycles. The molecule has 7 nitrogen and oxygen atoms in total. The molecule has 0 aromatic carbocycles. The molecule has 0 N–H and O–H groups in total. The summed E-state index contributed by atoms with van der Waals surface area (Å²) < 4.78 is 42.2. The van der Waals surface area contributed by atoms with Crippen LogP contribution in [0.2, 0.25) is 0 Å². The maximum atomic E-state index is 12.5. The summed E-state index contributed by atoms with van der Waals surface area (Å²) in [7, 11) is 0. The van der Waals surface area contributed by atoms with Gasteiger partial charge in [-0.15, -0.1) is 10.2 Å². The molecule has 0 bridgehead atoms. The lowest BCUT2D eigenvalue weighted by Crippen LogP contribution is -2.39. The Balaban J connectivity index is 1.50. The Labute approximate surface area is 145 Å². The maximum Gasteiger partial charge on any atom is 0.470 e. The summed E-state index contributed by atoms with van der Waals surface area (Å²) in [5, 5.41) is 7.06. The zero-order valence-corrected chi connectivity index (χ0v) is 13.8. The van der Waals surface area contributed by atoms with E-state index in [0.29, 0.717) is 31.1 Å². The monoisotopic (exact) mass is 373 g/mol. The van der Waals surface area contributed by atoms with Gasteiger partial charge >= 0.3 is 12.1 Å². The van der Waals surface area contributed by atoms with Crippen molar-refractivity contribution >= 4 is 17.7 Å². The number of piperidine rings is 1. The predicted molar refractivity (Wildman–Crippen MR) is 80.6 cm³/mol. The first-order valence-electron chi connectivity index (χ1n) is 7.51. The predicted octanol–water partition coefficient (Wildman–Crippen LogP) is 2.38. The highest BCUT2D eigenvalue weighted by Gasteiger charge is 2.39. The minimum Gasteiger partial charge on any atom is -0.417 e. The van der Waals surface area contributed by atoms with Gasteiger partial charge < -0.3 is 9.32 Å². The molecule has 0 saturated carbocycles. The number of carbonyl (C=O) groups excluding carboxylic acids is 1. The van der Waals surface area contributed by atoms with E-state index in [0.717, 1.165) is 0 Å². The summed E-state index contributed by atoms with van der Waals surface area (Å²) in [5.41, 5.74) is 0. The molecule has 0 spiro atoms. The van der Waals surface area contributed by atoms with Crippen LogP contribution in [0.25, 0.3) is 0 Å². The van der Waals surface area contributed by atoms with Gasteiger partial charge in [-0.3, -0.25) is 4.79 Å². The first kappa shape index (κ1) is 17.6. The van der Waals surface area contributed by atoms with Crippen molar-refractivity contribution in [2.45, 2.75) is 30.1 Å². The average Bonchev–Trinajstić information content (AvgIpc) is 3.11. The quantitative estimate of drug-likeness (QED) is 0.601. The molecule has 2 aromatic heterocycles. The average molecular weight is 373 g/mol. The van der Waals surface area contributed by atoms with E-state index < -0.39 is 12.1 Å². The van der Waals surface area contributed by atoms with Crippen LogP contribution in [0.1, 0.15) is 30.5 Å². The first-order chi connectivity index (χ1) is 11.9. The van der Waals surface area contributed by atoms with Crippen molar-refractivity contribution in [2.75, 3.05) is 18.8 Å². The number of carbonyl (C=O) groups is 1. The van der Waals surface area contributed by atoms with Crippen molar-refractivity contribution in [2.24, 2.45) is 0 Å². The zero-order valence-electron chi connectivity index (χ0n) is 12.9. The van der Waals surface area contributed by atoms with Gasteiger partial charge in [-0.2, -0.15) is 13.2 Å². The largest absolute Gasteiger partial charge is 0.470 e. The van der Waals surface area contributed by atoms with E-state index in [4.69, 9.17) is 4.42 Å². The Bertz CT molecular complexity index is 717. The number of hydrogen-bond donors (Lipinski definition) is 0. The SMILES string of the molecule is O=C(CSc1ncccn1)N1CCC(c2nnc(C(F)(F)F)o2)CC1. The number of hydrogen-bond acceptors (Lipinski definition) is 7. The van der Waals surface area contributed by atoms with Gasteiger partial charge in [0.05, 0.1) is 5.75 Å². The molecule has 1 aliphatic heterocycles. The van der Waals surface area contributed by atoms with E-state index in [-0.39, 0.29) is 23.5 Å². The van der Waals surface area contributed by atoms with Gasteiger partial charge in [0.25, 0.3) is 0 Å². The van der Waals surface area contributed by atoms with Crippen LogP contribution in [0.15, 0.2) is 28.0 Å². The molecule has 11 heteroatoms. The van der Waals surface area contributed by atoms with Crippen LogP contribution in [-0.4, -0.2) is 49.8 Å². The second-order valence-corrected chi connectivity index (χ2v) is 6.36. The highest BCUT2D eigenvalue weighted by atomic mass is 32.2. The van der Waals surface area contributed by atoms with Crippen LogP contribution in [0.3, 0.4) is 0 Å². The van der Waals surface area contributed by atoms with Crippen molar-refractivity contribution in [3.05, 3.63) is 30.2 Å². The van der Waals surface area contributed by atoms with Crippen LogP contribution in [0.5, 0.6) is 0 Å². The number of aromatic nitrogens is 4. The van der Waals surface area contributed by atoms with E-state index in [2.05, 4.69) is 20.2 Å². The lowest BCUT2D eigenvalue weighted by molar-refractivity contribution is -0.157. The Hall–Kier alpha value is -2.17. The lowest BCUT2D eigenvalue weighted by atomic mass is 9.97. The van der Waals surface area contributed by atoms with E-state index in [9.17, 15) is 18.0 Å². The van der Waals surface area contributed by atoms with Gasteiger partial charge in [0.1, 0.15) is 0 Å². The third-order valence-electron chi connectivity index (χ3n) is 3.75. The van der Waals surface area contributed by atoms with E-state index in [1.54, 1.807) is 23.4 Å². The third-order valence-corrected chi connectivity index (χ3v) is 4.61. The zero-order chi connectivity index (χ0) is 17.9. The van der Waals surface area contributed by atoms with Gasteiger partial charge in [0, 0.05) is 31.4 Å². The molecule has 25 heavy (non-hydrogen) atoms. The molecule has 1 saturated heterocycles. The maximum absolute atomic E-state index is 12.5. The number of halogens is 3. The second kappa shape index (κ2) is 7.38. The van der Waals surface area contributed by atoms with E-state index >= 15 is 0 Å². The van der Waals surface area contributed by atoms with Crippen molar-refractivity contribution in [1.29, 1.82) is 0 Å². The fourth-order valence-corrected chi connectivity index (χ4v) is 3.17. The number of likely N-dealkylation sites (tertiary alicyclic amines) is 1. The molecule has 0 atom stereocenters. The number of rotatable bonds is 4. The topological polar surface area (TPSA) is 85.0 Å². The number of amides is 1. The summed E-state index contributed by atoms with van der Waals surface area (Å²) >= 11 is 1.25. The molecule has 0 radical (unpaired) electrons. The Kier molecular flexibility index (Phi) is 5.21. The smallest absolute Gasteiger partial charge is 0.417 e.